The highest BCUT2D eigenvalue weighted by atomic mass is 35.5. The smallest absolute Gasteiger partial charge is 0.235 e. The number of piperidine rings is 1. The second kappa shape index (κ2) is 12.2. The quantitative estimate of drug-likeness (QED) is 0.682. The van der Waals surface area contributed by atoms with Gasteiger partial charge in [-0.3, -0.25) is 9.59 Å². The molecule has 0 bridgehead atoms. The maximum Gasteiger partial charge on any atom is 0.235 e. The molecule has 27 heavy (non-hydrogen) atoms. The third-order valence-corrected chi connectivity index (χ3v) is 5.80. The Kier molecular flexibility index (Phi) is 10.7. The van der Waals surface area contributed by atoms with E-state index in [2.05, 4.69) is 10.6 Å². The van der Waals surface area contributed by atoms with Crippen LogP contribution in [0.1, 0.15) is 26.2 Å². The summed E-state index contributed by atoms with van der Waals surface area (Å²) in [5, 5.41) is 5.64. The van der Waals surface area contributed by atoms with E-state index in [1.165, 1.54) is 36.0 Å². The van der Waals surface area contributed by atoms with Crippen LogP contribution < -0.4 is 10.6 Å². The largest absolute Gasteiger partial charge is 0.342 e. The molecule has 1 saturated heterocycles. The molecule has 0 saturated carbocycles. The molecule has 8 heteroatoms. The van der Waals surface area contributed by atoms with Crippen LogP contribution in [-0.2, 0) is 9.59 Å². The Labute approximate surface area is 171 Å². The molecular weight excluding hydrogens is 389 g/mol. The highest BCUT2D eigenvalue weighted by Crippen LogP contribution is 2.23. The van der Waals surface area contributed by atoms with Crippen molar-refractivity contribution >= 4 is 41.7 Å². The number of carbonyl (C=O) groups is 2. The zero-order valence-corrected chi connectivity index (χ0v) is 17.5. The first-order valence-electron chi connectivity index (χ1n) is 9.10. The standard InChI is InChI=1S/C19H28FN3O2S.ClH/c1-14(19(25)23-11-8-15(9-12-23)7-10-21-2)26-13-18(24)22-17-5-3-16(20)4-6-17;/h3-6,14-15,21H,7-13H2,1-2H3,(H,22,24);1H. The molecule has 2 amide bonds. The maximum absolute atomic E-state index is 12.9. The summed E-state index contributed by atoms with van der Waals surface area (Å²) in [6, 6.07) is 5.64. The monoisotopic (exact) mass is 417 g/mol. The van der Waals surface area contributed by atoms with Crippen LogP contribution in [0.2, 0.25) is 0 Å². The third-order valence-electron chi connectivity index (χ3n) is 4.67. The fourth-order valence-corrected chi connectivity index (χ4v) is 3.82. The molecule has 1 aliphatic heterocycles. The highest BCUT2D eigenvalue weighted by Gasteiger charge is 2.26. The Morgan fingerprint density at radius 2 is 1.89 bits per heavy atom. The number of rotatable bonds is 8. The van der Waals surface area contributed by atoms with E-state index < -0.39 is 0 Å². The topological polar surface area (TPSA) is 61.4 Å². The van der Waals surface area contributed by atoms with Gasteiger partial charge in [-0.05, 0) is 70.0 Å². The van der Waals surface area contributed by atoms with Gasteiger partial charge in [-0.25, -0.2) is 4.39 Å². The van der Waals surface area contributed by atoms with Crippen LogP contribution in [0.4, 0.5) is 10.1 Å². The summed E-state index contributed by atoms with van der Waals surface area (Å²) in [5.41, 5.74) is 0.555. The normalized spacial score (nSPS) is 15.7. The molecule has 2 rings (SSSR count). The minimum atomic E-state index is -0.341. The molecule has 1 atom stereocenters. The van der Waals surface area contributed by atoms with E-state index in [4.69, 9.17) is 0 Å². The fourth-order valence-electron chi connectivity index (χ4n) is 3.05. The van der Waals surface area contributed by atoms with E-state index in [9.17, 15) is 14.0 Å². The van der Waals surface area contributed by atoms with Gasteiger partial charge in [0.2, 0.25) is 11.8 Å². The molecular formula is C19H29ClFN3O2S. The van der Waals surface area contributed by atoms with E-state index in [0.717, 1.165) is 38.9 Å². The average Bonchev–Trinajstić information content (AvgIpc) is 2.66. The molecule has 0 aliphatic carbocycles. The minimum absolute atomic E-state index is 0. The summed E-state index contributed by atoms with van der Waals surface area (Å²) in [6.45, 7) is 4.49. The third kappa shape index (κ3) is 8.07. The van der Waals surface area contributed by atoms with E-state index >= 15 is 0 Å². The number of amides is 2. The van der Waals surface area contributed by atoms with Gasteiger partial charge < -0.3 is 15.5 Å². The number of halogens is 2. The zero-order chi connectivity index (χ0) is 18.9. The number of nitrogens with one attached hydrogen (secondary N) is 2. The molecule has 2 N–H and O–H groups in total. The zero-order valence-electron chi connectivity index (χ0n) is 15.9. The number of hydrogen-bond acceptors (Lipinski definition) is 4. The van der Waals surface area contributed by atoms with Crippen molar-refractivity contribution in [2.24, 2.45) is 5.92 Å². The predicted octanol–water partition coefficient (Wildman–Crippen LogP) is 3.16. The highest BCUT2D eigenvalue weighted by molar-refractivity contribution is 8.01. The van der Waals surface area contributed by atoms with Gasteiger partial charge in [0.1, 0.15) is 5.82 Å². The Morgan fingerprint density at radius 3 is 2.48 bits per heavy atom. The summed E-state index contributed by atoms with van der Waals surface area (Å²) in [4.78, 5) is 26.5. The minimum Gasteiger partial charge on any atom is -0.342 e. The van der Waals surface area contributed by atoms with E-state index in [-0.39, 0.29) is 41.0 Å². The van der Waals surface area contributed by atoms with Gasteiger partial charge in [0.25, 0.3) is 0 Å². The second-order valence-corrected chi connectivity index (χ2v) is 8.00. The molecule has 1 unspecified atom stereocenters. The Hall–Kier alpha value is -1.31. The first-order valence-corrected chi connectivity index (χ1v) is 10.1. The maximum atomic E-state index is 12.9. The first kappa shape index (κ1) is 23.7. The lowest BCUT2D eigenvalue weighted by molar-refractivity contribution is -0.131. The van der Waals surface area contributed by atoms with Crippen molar-refractivity contribution < 1.29 is 14.0 Å². The van der Waals surface area contributed by atoms with Crippen molar-refractivity contribution in [1.29, 1.82) is 0 Å². The summed E-state index contributed by atoms with van der Waals surface area (Å²) in [6.07, 6.45) is 3.26. The summed E-state index contributed by atoms with van der Waals surface area (Å²) < 4.78 is 12.9. The number of benzene rings is 1. The lowest BCUT2D eigenvalue weighted by atomic mass is 9.93. The number of thioether (sulfide) groups is 1. The molecule has 0 spiro atoms. The second-order valence-electron chi connectivity index (χ2n) is 6.67. The van der Waals surface area contributed by atoms with Crippen LogP contribution in [0.15, 0.2) is 24.3 Å². The van der Waals surface area contributed by atoms with Crippen molar-refractivity contribution in [3.63, 3.8) is 0 Å². The first-order chi connectivity index (χ1) is 12.5. The number of anilines is 1. The molecule has 152 valence electrons. The van der Waals surface area contributed by atoms with Crippen LogP contribution in [0.5, 0.6) is 0 Å². The van der Waals surface area contributed by atoms with Crippen LogP contribution in [0.25, 0.3) is 0 Å². The molecule has 1 aromatic carbocycles. The SMILES string of the molecule is CNCCC1CCN(C(=O)C(C)SCC(=O)Nc2ccc(F)cc2)CC1.Cl. The average molecular weight is 418 g/mol. The van der Waals surface area contributed by atoms with Crippen molar-refractivity contribution in [3.8, 4) is 0 Å². The van der Waals surface area contributed by atoms with Gasteiger partial charge in [-0.15, -0.1) is 24.2 Å². The summed E-state index contributed by atoms with van der Waals surface area (Å²) in [7, 11) is 1.96. The van der Waals surface area contributed by atoms with Crippen molar-refractivity contribution in [1.82, 2.24) is 10.2 Å². The van der Waals surface area contributed by atoms with Crippen LogP contribution >= 0.6 is 24.2 Å². The van der Waals surface area contributed by atoms with Crippen molar-refractivity contribution in [2.45, 2.75) is 31.4 Å². The Bertz CT molecular complexity index is 595. The number of likely N-dealkylation sites (tertiary alicyclic amines) is 1. The van der Waals surface area contributed by atoms with Gasteiger partial charge in [0, 0.05) is 18.8 Å². The molecule has 0 aromatic heterocycles. The summed E-state index contributed by atoms with van der Waals surface area (Å²) in [5.74, 6) is 0.467. The Balaban J connectivity index is 0.00000364. The predicted molar refractivity (Wildman–Crippen MR) is 112 cm³/mol. The summed E-state index contributed by atoms with van der Waals surface area (Å²) >= 11 is 1.34. The number of carbonyl (C=O) groups excluding carboxylic acids is 2. The van der Waals surface area contributed by atoms with E-state index in [1.807, 2.05) is 18.9 Å². The van der Waals surface area contributed by atoms with Gasteiger partial charge in [-0.2, -0.15) is 0 Å². The Morgan fingerprint density at radius 1 is 1.26 bits per heavy atom. The molecule has 1 aromatic rings. The lowest BCUT2D eigenvalue weighted by Crippen LogP contribution is -2.42. The van der Waals surface area contributed by atoms with Gasteiger partial charge in [0.15, 0.2) is 0 Å². The van der Waals surface area contributed by atoms with Crippen LogP contribution in [-0.4, -0.2) is 54.4 Å². The number of hydrogen-bond donors (Lipinski definition) is 2. The van der Waals surface area contributed by atoms with E-state index in [1.54, 1.807) is 0 Å². The van der Waals surface area contributed by atoms with Gasteiger partial charge >= 0.3 is 0 Å². The molecule has 1 aliphatic rings. The van der Waals surface area contributed by atoms with Crippen LogP contribution in [0, 0.1) is 11.7 Å². The van der Waals surface area contributed by atoms with Gasteiger partial charge in [0.05, 0.1) is 11.0 Å². The fraction of sp³-hybridized carbons (Fsp3) is 0.579. The number of nitrogens with zero attached hydrogens (tertiary/aromatic N) is 1. The molecule has 5 nitrogen and oxygen atoms in total. The van der Waals surface area contributed by atoms with Crippen molar-refractivity contribution in [3.05, 3.63) is 30.1 Å². The van der Waals surface area contributed by atoms with Crippen LogP contribution in [0.3, 0.4) is 0 Å². The van der Waals surface area contributed by atoms with Gasteiger partial charge in [-0.1, -0.05) is 0 Å². The lowest BCUT2D eigenvalue weighted by Gasteiger charge is -2.33. The van der Waals surface area contributed by atoms with E-state index in [0.29, 0.717) is 11.6 Å². The molecule has 1 heterocycles. The molecule has 0 radical (unpaired) electrons. The molecule has 1 fully saturated rings. The van der Waals surface area contributed by atoms with Crippen molar-refractivity contribution in [2.75, 3.05) is 37.8 Å².